The van der Waals surface area contributed by atoms with E-state index in [-0.39, 0.29) is 5.91 Å². The molecule has 0 unspecified atom stereocenters. The highest BCUT2D eigenvalue weighted by Gasteiger charge is 2.09. The molecule has 0 heterocycles. The minimum atomic E-state index is -0.0778. The van der Waals surface area contributed by atoms with Gasteiger partial charge in [-0.2, -0.15) is 0 Å². The molecule has 0 aromatic heterocycles. The van der Waals surface area contributed by atoms with Crippen molar-refractivity contribution in [3.63, 3.8) is 0 Å². The highest BCUT2D eigenvalue weighted by Crippen LogP contribution is 2.01. The fourth-order valence-corrected chi connectivity index (χ4v) is 0.992. The van der Waals surface area contributed by atoms with Crippen molar-refractivity contribution in [2.24, 2.45) is 0 Å². The van der Waals surface area contributed by atoms with Crippen molar-refractivity contribution in [1.82, 2.24) is 4.90 Å². The lowest BCUT2D eigenvalue weighted by atomic mass is 10.2. The van der Waals surface area contributed by atoms with Crippen LogP contribution in [0.25, 0.3) is 0 Å². The van der Waals surface area contributed by atoms with Gasteiger partial charge >= 0.3 is 0 Å². The number of hydrogen-bond acceptors (Lipinski definition) is 1. The summed E-state index contributed by atoms with van der Waals surface area (Å²) in [6.45, 7) is 15.9. The Balaban J connectivity index is 4.35. The Bertz CT molecular complexity index is 224. The monoisotopic (exact) mass is 179 g/mol. The first-order valence-electron chi connectivity index (χ1n) is 4.17. The van der Waals surface area contributed by atoms with E-state index in [0.717, 1.165) is 11.1 Å². The lowest BCUT2D eigenvalue weighted by Gasteiger charge is -2.21. The molecule has 2 nitrogen and oxygen atoms in total. The van der Waals surface area contributed by atoms with E-state index in [0.29, 0.717) is 13.1 Å². The Morgan fingerprint density at radius 2 is 1.62 bits per heavy atom. The molecule has 0 aromatic rings. The molecule has 0 aromatic carbocycles. The van der Waals surface area contributed by atoms with Gasteiger partial charge in [0.2, 0.25) is 5.91 Å². The summed E-state index contributed by atoms with van der Waals surface area (Å²) in [6.07, 6.45) is 1.31. The molecule has 0 spiro atoms. The number of hydrogen-bond donors (Lipinski definition) is 0. The molecular formula is C11H17NO. The molecule has 0 aliphatic rings. The van der Waals surface area contributed by atoms with E-state index in [4.69, 9.17) is 0 Å². The van der Waals surface area contributed by atoms with Gasteiger partial charge in [-0.15, -0.1) is 0 Å². The van der Waals surface area contributed by atoms with Crippen LogP contribution in [0.2, 0.25) is 0 Å². The predicted molar refractivity (Wildman–Crippen MR) is 56.4 cm³/mol. The van der Waals surface area contributed by atoms with E-state index in [9.17, 15) is 4.79 Å². The third-order valence-electron chi connectivity index (χ3n) is 1.41. The quantitative estimate of drug-likeness (QED) is 0.468. The molecule has 0 rings (SSSR count). The molecule has 72 valence electrons. The Labute approximate surface area is 80.2 Å². The Morgan fingerprint density at radius 3 is 1.85 bits per heavy atom. The topological polar surface area (TPSA) is 20.3 Å². The molecule has 0 N–H and O–H groups in total. The molecular weight excluding hydrogens is 162 g/mol. The van der Waals surface area contributed by atoms with E-state index in [1.54, 1.807) is 4.90 Å². The fourth-order valence-electron chi connectivity index (χ4n) is 0.992. The average Bonchev–Trinajstić information content (AvgIpc) is 2.00. The van der Waals surface area contributed by atoms with Gasteiger partial charge in [-0.05, 0) is 19.9 Å². The van der Waals surface area contributed by atoms with Crippen molar-refractivity contribution < 1.29 is 4.79 Å². The zero-order valence-corrected chi connectivity index (χ0v) is 8.47. The summed E-state index contributed by atoms with van der Waals surface area (Å²) >= 11 is 0. The van der Waals surface area contributed by atoms with Gasteiger partial charge in [0.1, 0.15) is 0 Å². The van der Waals surface area contributed by atoms with Crippen LogP contribution < -0.4 is 0 Å². The van der Waals surface area contributed by atoms with E-state index in [1.165, 1.54) is 6.08 Å². The smallest absolute Gasteiger partial charge is 0.246 e. The van der Waals surface area contributed by atoms with Gasteiger partial charge in [-0.1, -0.05) is 30.9 Å². The Hall–Kier alpha value is -1.31. The summed E-state index contributed by atoms with van der Waals surface area (Å²) in [7, 11) is 0. The second kappa shape index (κ2) is 5.36. The molecule has 0 aliphatic carbocycles. The number of carbonyl (C=O) groups excluding carboxylic acids is 1. The molecule has 0 bridgehead atoms. The first-order valence-corrected chi connectivity index (χ1v) is 4.17. The maximum atomic E-state index is 11.3. The van der Waals surface area contributed by atoms with Gasteiger partial charge in [-0.3, -0.25) is 4.79 Å². The van der Waals surface area contributed by atoms with E-state index < -0.39 is 0 Å². The van der Waals surface area contributed by atoms with Crippen molar-refractivity contribution >= 4 is 5.91 Å². The largest absolute Gasteiger partial charge is 0.331 e. The molecule has 0 saturated carbocycles. The summed E-state index contributed by atoms with van der Waals surface area (Å²) < 4.78 is 0. The molecule has 2 heteroatoms. The van der Waals surface area contributed by atoms with Gasteiger partial charge in [0.15, 0.2) is 0 Å². The van der Waals surface area contributed by atoms with Gasteiger partial charge in [0.05, 0.1) is 0 Å². The van der Waals surface area contributed by atoms with E-state index >= 15 is 0 Å². The minimum Gasteiger partial charge on any atom is -0.331 e. The normalized spacial score (nSPS) is 9.08. The van der Waals surface area contributed by atoms with Crippen molar-refractivity contribution in [1.29, 1.82) is 0 Å². The maximum Gasteiger partial charge on any atom is 0.246 e. The molecule has 0 atom stereocenters. The summed E-state index contributed by atoms with van der Waals surface area (Å²) in [6, 6.07) is 0. The minimum absolute atomic E-state index is 0.0778. The Morgan fingerprint density at radius 1 is 1.23 bits per heavy atom. The van der Waals surface area contributed by atoms with Crippen molar-refractivity contribution in [2.45, 2.75) is 13.8 Å². The molecule has 0 fully saturated rings. The average molecular weight is 179 g/mol. The maximum absolute atomic E-state index is 11.3. The van der Waals surface area contributed by atoms with E-state index in [1.807, 2.05) is 13.8 Å². The molecule has 0 radical (unpaired) electrons. The molecule has 1 amide bonds. The third kappa shape index (κ3) is 5.01. The summed E-state index contributed by atoms with van der Waals surface area (Å²) in [4.78, 5) is 13.0. The fraction of sp³-hybridized carbons (Fsp3) is 0.364. The van der Waals surface area contributed by atoms with Gasteiger partial charge in [0, 0.05) is 13.1 Å². The van der Waals surface area contributed by atoms with Crippen LogP contribution in [0.3, 0.4) is 0 Å². The summed E-state index contributed by atoms with van der Waals surface area (Å²) in [5.41, 5.74) is 1.91. The molecule has 13 heavy (non-hydrogen) atoms. The van der Waals surface area contributed by atoms with Crippen LogP contribution in [0, 0.1) is 0 Å². The highest BCUT2D eigenvalue weighted by atomic mass is 16.2. The molecule has 0 saturated heterocycles. The van der Waals surface area contributed by atoms with Crippen molar-refractivity contribution in [3.05, 3.63) is 37.0 Å². The van der Waals surface area contributed by atoms with Gasteiger partial charge in [0.25, 0.3) is 0 Å². The van der Waals surface area contributed by atoms with Crippen LogP contribution in [0.1, 0.15) is 13.8 Å². The first kappa shape index (κ1) is 11.7. The summed E-state index contributed by atoms with van der Waals surface area (Å²) in [5.74, 6) is -0.0778. The number of amides is 1. The number of carbonyl (C=O) groups is 1. The van der Waals surface area contributed by atoms with Crippen LogP contribution in [0.4, 0.5) is 0 Å². The van der Waals surface area contributed by atoms with Crippen LogP contribution in [0.5, 0.6) is 0 Å². The highest BCUT2D eigenvalue weighted by molar-refractivity contribution is 5.87. The molecule has 0 aliphatic heterocycles. The second-order valence-electron chi connectivity index (χ2n) is 3.31. The number of nitrogens with zero attached hydrogens (tertiary/aromatic N) is 1. The van der Waals surface area contributed by atoms with Crippen LogP contribution in [0.15, 0.2) is 37.0 Å². The third-order valence-corrected chi connectivity index (χ3v) is 1.41. The lowest BCUT2D eigenvalue weighted by molar-refractivity contribution is -0.125. The SMILES string of the molecule is C=CC(=O)N(CC(=C)C)CC(=C)C. The van der Waals surface area contributed by atoms with Crippen LogP contribution in [-0.4, -0.2) is 23.9 Å². The Kier molecular flexibility index (Phi) is 4.82. The van der Waals surface area contributed by atoms with Crippen LogP contribution >= 0.6 is 0 Å². The number of rotatable bonds is 5. The summed E-state index contributed by atoms with van der Waals surface area (Å²) in [5, 5.41) is 0. The van der Waals surface area contributed by atoms with Gasteiger partial charge in [-0.25, -0.2) is 0 Å². The van der Waals surface area contributed by atoms with Crippen molar-refractivity contribution in [2.75, 3.05) is 13.1 Å². The lowest BCUT2D eigenvalue weighted by Crippen LogP contribution is -2.32. The first-order chi connectivity index (χ1) is 5.97. The van der Waals surface area contributed by atoms with Crippen LogP contribution in [-0.2, 0) is 4.79 Å². The predicted octanol–water partition coefficient (Wildman–Crippen LogP) is 2.15. The second-order valence-corrected chi connectivity index (χ2v) is 3.31. The standard InChI is InChI=1S/C11H17NO/c1-6-11(13)12(7-9(2)3)8-10(4)5/h6H,1-2,4,7-8H2,3,5H3. The zero-order chi connectivity index (χ0) is 10.4. The zero-order valence-electron chi connectivity index (χ0n) is 8.47. The van der Waals surface area contributed by atoms with Gasteiger partial charge < -0.3 is 4.90 Å². The van der Waals surface area contributed by atoms with Crippen molar-refractivity contribution in [3.8, 4) is 0 Å². The van der Waals surface area contributed by atoms with E-state index in [2.05, 4.69) is 19.7 Å².